The molecule has 3 aromatic rings. The van der Waals surface area contributed by atoms with Crippen LogP contribution in [0, 0.1) is 0 Å². The molecule has 1 aromatic carbocycles. The second-order valence-electron chi connectivity index (χ2n) is 14.0. The minimum atomic E-state index is -4.61. The molecule has 0 saturated carbocycles. The Balaban J connectivity index is 1.43. The Morgan fingerprint density at radius 3 is 2.62 bits per heavy atom. The van der Waals surface area contributed by atoms with Crippen molar-refractivity contribution in [2.75, 3.05) is 31.6 Å². The number of alkyl halides is 3. The minimum Gasteiger partial charge on any atom is -0.444 e. The molecule has 3 aliphatic rings. The summed E-state index contributed by atoms with van der Waals surface area (Å²) >= 11 is 6.15. The summed E-state index contributed by atoms with van der Waals surface area (Å²) in [5.41, 5.74) is -0.841. The topological polar surface area (TPSA) is 132 Å². The zero-order valence-electron chi connectivity index (χ0n) is 28.5. The zero-order chi connectivity index (χ0) is 36.0. The molecule has 50 heavy (non-hydrogen) atoms. The van der Waals surface area contributed by atoms with Gasteiger partial charge in [-0.3, -0.25) is 14.5 Å². The first-order valence-corrected chi connectivity index (χ1v) is 17.2. The number of halogens is 4. The SMILES string of the molecule is CCc1c(C2CNCCN2C(=O)OC(C)(C)C)c(=O)n2nc(C3=CCC4(CCCO4)CC3)nc2n1CC(=O)Nc1ccc(C(F)(F)F)cc1Cl. The second kappa shape index (κ2) is 13.6. The van der Waals surface area contributed by atoms with Gasteiger partial charge in [-0.2, -0.15) is 22.7 Å². The molecule has 12 nitrogen and oxygen atoms in total. The van der Waals surface area contributed by atoms with Crippen molar-refractivity contribution in [3.05, 3.63) is 62.3 Å². The molecule has 2 saturated heterocycles. The molecule has 0 radical (unpaired) electrons. The van der Waals surface area contributed by atoms with Gasteiger partial charge in [0, 0.05) is 31.9 Å². The summed E-state index contributed by atoms with van der Waals surface area (Å²) in [7, 11) is 0. The number of fused-ring (bicyclic) bond motifs is 1. The number of hydrogen-bond acceptors (Lipinski definition) is 8. The van der Waals surface area contributed by atoms with Crippen LogP contribution in [0.4, 0.5) is 23.7 Å². The highest BCUT2D eigenvalue weighted by atomic mass is 35.5. The van der Waals surface area contributed by atoms with Gasteiger partial charge in [-0.15, -0.1) is 5.10 Å². The van der Waals surface area contributed by atoms with Crippen molar-refractivity contribution in [3.63, 3.8) is 0 Å². The van der Waals surface area contributed by atoms with E-state index in [1.165, 1.54) is 9.42 Å². The molecule has 2 atom stereocenters. The van der Waals surface area contributed by atoms with Gasteiger partial charge < -0.3 is 24.7 Å². The van der Waals surface area contributed by atoms with Crippen LogP contribution in [0.25, 0.3) is 11.4 Å². The number of ether oxygens (including phenoxy) is 2. The highest BCUT2D eigenvalue weighted by Gasteiger charge is 2.39. The van der Waals surface area contributed by atoms with Crippen molar-refractivity contribution in [1.82, 2.24) is 29.4 Å². The fourth-order valence-corrected chi connectivity index (χ4v) is 7.18. The third kappa shape index (κ3) is 7.26. The number of carbonyl (C=O) groups is 2. The Morgan fingerprint density at radius 2 is 2.00 bits per heavy atom. The first kappa shape index (κ1) is 35.9. The lowest BCUT2D eigenvalue weighted by Gasteiger charge is -2.38. The highest BCUT2D eigenvalue weighted by molar-refractivity contribution is 6.33. The first-order chi connectivity index (χ1) is 23.6. The van der Waals surface area contributed by atoms with E-state index in [0.29, 0.717) is 30.9 Å². The number of benzene rings is 1. The van der Waals surface area contributed by atoms with Crippen molar-refractivity contribution in [2.24, 2.45) is 0 Å². The number of amides is 2. The number of allylic oxidation sites excluding steroid dienone is 1. The molecular formula is C34H41ClF3N7O5. The van der Waals surface area contributed by atoms with Gasteiger partial charge in [0.25, 0.3) is 5.56 Å². The zero-order valence-corrected chi connectivity index (χ0v) is 29.2. The predicted molar refractivity (Wildman–Crippen MR) is 180 cm³/mol. The smallest absolute Gasteiger partial charge is 0.416 e. The molecular weight excluding hydrogens is 679 g/mol. The monoisotopic (exact) mass is 719 g/mol. The maximum atomic E-state index is 14.4. The lowest BCUT2D eigenvalue weighted by Crippen LogP contribution is -2.52. The van der Waals surface area contributed by atoms with Crippen LogP contribution in [0.5, 0.6) is 0 Å². The number of nitrogens with one attached hydrogen (secondary N) is 2. The Labute approximate surface area is 292 Å². The molecule has 4 heterocycles. The van der Waals surface area contributed by atoms with Crippen molar-refractivity contribution >= 4 is 40.6 Å². The van der Waals surface area contributed by atoms with Crippen LogP contribution in [0.1, 0.15) is 88.5 Å². The number of rotatable bonds is 6. The third-order valence-corrected chi connectivity index (χ3v) is 9.66. The van der Waals surface area contributed by atoms with Crippen molar-refractivity contribution in [1.29, 1.82) is 0 Å². The van der Waals surface area contributed by atoms with Crippen LogP contribution in [-0.4, -0.2) is 73.5 Å². The predicted octanol–water partition coefficient (Wildman–Crippen LogP) is 5.76. The van der Waals surface area contributed by atoms with Crippen LogP contribution in [0.2, 0.25) is 5.02 Å². The molecule has 1 spiro atoms. The average molecular weight is 720 g/mol. The van der Waals surface area contributed by atoms with E-state index in [0.717, 1.165) is 49.6 Å². The lowest BCUT2D eigenvalue weighted by molar-refractivity contribution is -0.137. The summed E-state index contributed by atoms with van der Waals surface area (Å²) in [5, 5.41) is 10.2. The summed E-state index contributed by atoms with van der Waals surface area (Å²) in [6.07, 6.45) is 1.25. The van der Waals surface area contributed by atoms with Crippen LogP contribution < -0.4 is 16.2 Å². The van der Waals surface area contributed by atoms with Crippen LogP contribution in [0.15, 0.2) is 29.1 Å². The Kier molecular flexibility index (Phi) is 9.78. The van der Waals surface area contributed by atoms with Crippen molar-refractivity contribution in [2.45, 2.75) is 96.2 Å². The molecule has 2 aromatic heterocycles. The molecule has 2 amide bonds. The molecule has 2 N–H and O–H groups in total. The van der Waals surface area contributed by atoms with Gasteiger partial charge in [0.05, 0.1) is 33.5 Å². The molecule has 6 rings (SSSR count). The quantitative estimate of drug-likeness (QED) is 0.329. The van der Waals surface area contributed by atoms with Crippen molar-refractivity contribution < 1.29 is 32.2 Å². The van der Waals surface area contributed by atoms with Gasteiger partial charge in [-0.1, -0.05) is 24.6 Å². The summed E-state index contributed by atoms with van der Waals surface area (Å²) in [6.45, 7) is 8.46. The van der Waals surface area contributed by atoms with E-state index < -0.39 is 40.9 Å². The van der Waals surface area contributed by atoms with Gasteiger partial charge in [0.15, 0.2) is 5.82 Å². The molecule has 270 valence electrons. The summed E-state index contributed by atoms with van der Waals surface area (Å²) < 4.78 is 54.2. The molecule has 16 heteroatoms. The van der Waals surface area contributed by atoms with Gasteiger partial charge in [-0.25, -0.2) is 4.79 Å². The second-order valence-corrected chi connectivity index (χ2v) is 14.4. The van der Waals surface area contributed by atoms with E-state index in [1.54, 1.807) is 25.3 Å². The van der Waals surface area contributed by atoms with E-state index in [-0.39, 0.29) is 53.7 Å². The summed E-state index contributed by atoms with van der Waals surface area (Å²) in [6, 6.07) is 1.91. The van der Waals surface area contributed by atoms with E-state index in [1.807, 2.05) is 6.92 Å². The Morgan fingerprint density at radius 1 is 1.22 bits per heavy atom. The molecule has 2 aliphatic heterocycles. The maximum absolute atomic E-state index is 14.4. The van der Waals surface area contributed by atoms with Gasteiger partial charge in [0.2, 0.25) is 11.7 Å². The standard InChI is InChI=1S/C34H41ClF3N7O5/c1-5-24-27(25-18-39-14-15-43(25)31(48)50-32(2,3)4)29(47)45-30(41-28(42-45)20-9-12-33(13-10-20)11-6-16-49-33)44(24)19-26(46)40-23-8-7-21(17-22(23)35)34(36,37)38/h7-9,17,25,39H,5-6,10-16,18-19H2,1-4H3,(H,40,46). The van der Waals surface area contributed by atoms with E-state index in [9.17, 15) is 27.6 Å². The van der Waals surface area contributed by atoms with E-state index in [2.05, 4.69) is 21.8 Å². The Hall–Kier alpha value is -3.95. The van der Waals surface area contributed by atoms with Crippen LogP contribution in [0.3, 0.4) is 0 Å². The number of anilines is 1. The lowest BCUT2D eigenvalue weighted by atomic mass is 9.83. The normalized spacial score (nSPS) is 21.5. The number of aromatic nitrogens is 4. The number of piperazine rings is 1. The Bertz CT molecular complexity index is 1890. The van der Waals surface area contributed by atoms with Gasteiger partial charge in [0.1, 0.15) is 12.1 Å². The van der Waals surface area contributed by atoms with Gasteiger partial charge in [-0.05, 0) is 83.1 Å². The minimum absolute atomic E-state index is 0.00911. The van der Waals surface area contributed by atoms with Crippen LogP contribution in [-0.2, 0) is 33.4 Å². The molecule has 2 unspecified atom stereocenters. The molecule has 2 fully saturated rings. The first-order valence-electron chi connectivity index (χ1n) is 16.8. The van der Waals surface area contributed by atoms with E-state index >= 15 is 0 Å². The highest BCUT2D eigenvalue weighted by Crippen LogP contribution is 2.41. The fraction of sp³-hybridized carbons (Fsp3) is 0.559. The summed E-state index contributed by atoms with van der Waals surface area (Å²) in [4.78, 5) is 47.8. The molecule has 1 aliphatic carbocycles. The fourth-order valence-electron chi connectivity index (χ4n) is 6.96. The summed E-state index contributed by atoms with van der Waals surface area (Å²) in [5.74, 6) is -0.157. The number of carbonyl (C=O) groups excluding carboxylic acids is 2. The molecule has 0 bridgehead atoms. The third-order valence-electron chi connectivity index (χ3n) is 9.35. The number of hydrogen-bond donors (Lipinski definition) is 2. The number of nitrogens with zero attached hydrogens (tertiary/aromatic N) is 5. The largest absolute Gasteiger partial charge is 0.444 e. The van der Waals surface area contributed by atoms with Gasteiger partial charge >= 0.3 is 12.3 Å². The van der Waals surface area contributed by atoms with Crippen molar-refractivity contribution in [3.8, 4) is 0 Å². The maximum Gasteiger partial charge on any atom is 0.416 e. The van der Waals surface area contributed by atoms with E-state index in [4.69, 9.17) is 26.1 Å². The van der Waals surface area contributed by atoms with Crippen LogP contribution >= 0.6 is 11.6 Å². The average Bonchev–Trinajstić information content (AvgIpc) is 3.70.